The Kier molecular flexibility index (Phi) is 4.41. The molecule has 0 saturated carbocycles. The third-order valence-electron chi connectivity index (χ3n) is 3.83. The van der Waals surface area contributed by atoms with Crippen LogP contribution in [-0.4, -0.2) is 29.5 Å². The summed E-state index contributed by atoms with van der Waals surface area (Å²) < 4.78 is 29.3. The Morgan fingerprint density at radius 2 is 1.50 bits per heavy atom. The summed E-state index contributed by atoms with van der Waals surface area (Å²) in [4.78, 5) is 41.7. The van der Waals surface area contributed by atoms with Gasteiger partial charge in [-0.3, -0.25) is 9.59 Å². The number of benzene rings is 2. The van der Waals surface area contributed by atoms with Crippen molar-refractivity contribution in [3.63, 3.8) is 0 Å². The quantitative estimate of drug-likeness (QED) is 0.782. The Morgan fingerprint density at radius 1 is 1.00 bits per heavy atom. The molecule has 6 nitrogen and oxygen atoms in total. The van der Waals surface area contributed by atoms with Crippen LogP contribution in [-0.2, 0) is 4.84 Å². The number of alkyl halides is 2. The number of imide groups is 1. The van der Waals surface area contributed by atoms with Gasteiger partial charge in [0.05, 0.1) is 16.7 Å². The summed E-state index contributed by atoms with van der Waals surface area (Å²) in [6.45, 7) is -0.0175. The monoisotopic (exact) mass is 361 g/mol. The number of nitrogens with zero attached hydrogens (tertiary/aromatic N) is 1. The predicted molar refractivity (Wildman–Crippen MR) is 84.9 cm³/mol. The molecule has 1 heterocycles. The van der Waals surface area contributed by atoms with Crippen molar-refractivity contribution in [1.82, 2.24) is 5.06 Å². The maximum Gasteiger partial charge on any atom is 0.387 e. The van der Waals surface area contributed by atoms with E-state index < -0.39 is 24.4 Å². The highest BCUT2D eigenvalue weighted by molar-refractivity contribution is 6.21. The SMILES string of the molecule is Cc1cc(C(=O)ON2C(=O)c3ccccc3C2=O)cc(C)c1OC(F)F. The van der Waals surface area contributed by atoms with Crippen LogP contribution >= 0.6 is 0 Å². The number of halogens is 2. The minimum atomic E-state index is -3.00. The lowest BCUT2D eigenvalue weighted by Gasteiger charge is -2.15. The smallest absolute Gasteiger partial charge is 0.387 e. The lowest BCUT2D eigenvalue weighted by atomic mass is 10.1. The van der Waals surface area contributed by atoms with Gasteiger partial charge in [-0.05, 0) is 49.2 Å². The van der Waals surface area contributed by atoms with Crippen LogP contribution in [0.25, 0.3) is 0 Å². The Labute approximate surface area is 146 Å². The Balaban J connectivity index is 1.83. The second-order valence-electron chi connectivity index (χ2n) is 5.65. The van der Waals surface area contributed by atoms with Gasteiger partial charge < -0.3 is 9.57 Å². The van der Waals surface area contributed by atoms with Gasteiger partial charge in [0.2, 0.25) is 0 Å². The van der Waals surface area contributed by atoms with Crippen LogP contribution in [0.3, 0.4) is 0 Å². The minimum absolute atomic E-state index is 0.00169. The molecule has 2 aromatic carbocycles. The molecule has 26 heavy (non-hydrogen) atoms. The van der Waals surface area contributed by atoms with Gasteiger partial charge >= 0.3 is 12.6 Å². The van der Waals surface area contributed by atoms with Crippen molar-refractivity contribution in [2.45, 2.75) is 20.5 Å². The van der Waals surface area contributed by atoms with E-state index in [-0.39, 0.29) is 22.4 Å². The van der Waals surface area contributed by atoms with Crippen molar-refractivity contribution in [3.05, 3.63) is 64.2 Å². The van der Waals surface area contributed by atoms with Crippen LogP contribution in [0, 0.1) is 13.8 Å². The molecule has 2 aromatic rings. The van der Waals surface area contributed by atoms with Crippen LogP contribution < -0.4 is 4.74 Å². The highest BCUT2D eigenvalue weighted by Crippen LogP contribution is 2.28. The van der Waals surface area contributed by atoms with E-state index in [0.717, 1.165) is 0 Å². The van der Waals surface area contributed by atoms with Crippen LogP contribution in [0.5, 0.6) is 5.75 Å². The Hall–Kier alpha value is -3.29. The largest absolute Gasteiger partial charge is 0.434 e. The van der Waals surface area contributed by atoms with Gasteiger partial charge in [0.15, 0.2) is 0 Å². The summed E-state index contributed by atoms with van der Waals surface area (Å²) in [6, 6.07) is 8.65. The minimum Gasteiger partial charge on any atom is -0.434 e. The first-order valence-electron chi connectivity index (χ1n) is 7.55. The molecule has 0 atom stereocenters. The topological polar surface area (TPSA) is 72.9 Å². The molecule has 0 N–H and O–H groups in total. The van der Waals surface area contributed by atoms with Gasteiger partial charge in [0.25, 0.3) is 11.8 Å². The Bertz CT molecular complexity index is 868. The molecule has 0 fully saturated rings. The lowest BCUT2D eigenvalue weighted by molar-refractivity contribution is -0.0586. The van der Waals surface area contributed by atoms with Crippen molar-refractivity contribution < 1.29 is 32.7 Å². The van der Waals surface area contributed by atoms with Crippen LogP contribution in [0.15, 0.2) is 36.4 Å². The molecule has 2 amide bonds. The molecule has 0 aliphatic carbocycles. The van der Waals surface area contributed by atoms with Crippen molar-refractivity contribution in [1.29, 1.82) is 0 Å². The third kappa shape index (κ3) is 3.01. The first-order valence-corrected chi connectivity index (χ1v) is 7.55. The standard InChI is InChI=1S/C18H13F2NO5/c1-9-7-11(8-10(2)14(9)25-18(19)20)17(24)26-21-15(22)12-5-3-4-6-13(12)16(21)23/h3-8,18H,1-2H3. The first kappa shape index (κ1) is 17.5. The van der Waals surface area contributed by atoms with Gasteiger partial charge in [0, 0.05) is 0 Å². The van der Waals surface area contributed by atoms with Gasteiger partial charge in [-0.25, -0.2) is 4.79 Å². The van der Waals surface area contributed by atoms with Gasteiger partial charge in [-0.2, -0.15) is 8.78 Å². The van der Waals surface area contributed by atoms with Crippen LogP contribution in [0.2, 0.25) is 0 Å². The van der Waals surface area contributed by atoms with E-state index in [0.29, 0.717) is 16.2 Å². The number of aryl methyl sites for hydroxylation is 2. The van der Waals surface area contributed by atoms with Crippen LogP contribution in [0.4, 0.5) is 8.78 Å². The van der Waals surface area contributed by atoms with Crippen molar-refractivity contribution in [2.75, 3.05) is 0 Å². The van der Waals surface area contributed by atoms with Crippen molar-refractivity contribution >= 4 is 17.8 Å². The van der Waals surface area contributed by atoms with E-state index >= 15 is 0 Å². The molecule has 1 aliphatic heterocycles. The third-order valence-corrected chi connectivity index (χ3v) is 3.83. The summed E-state index contributed by atoms with van der Waals surface area (Å²) >= 11 is 0. The van der Waals surface area contributed by atoms with E-state index in [1.807, 2.05) is 0 Å². The molecule has 0 bridgehead atoms. The molecular formula is C18H13F2NO5. The van der Waals surface area contributed by atoms with Crippen molar-refractivity contribution in [3.8, 4) is 5.75 Å². The van der Waals surface area contributed by atoms with Gasteiger partial charge in [-0.15, -0.1) is 0 Å². The van der Waals surface area contributed by atoms with E-state index in [1.165, 1.54) is 38.1 Å². The zero-order valence-electron chi connectivity index (χ0n) is 13.8. The van der Waals surface area contributed by atoms with E-state index in [4.69, 9.17) is 4.84 Å². The zero-order chi connectivity index (χ0) is 19.0. The van der Waals surface area contributed by atoms with E-state index in [1.54, 1.807) is 12.1 Å². The summed E-state index contributed by atoms with van der Waals surface area (Å²) in [5.41, 5.74) is 0.856. The average molecular weight is 361 g/mol. The molecule has 3 rings (SSSR count). The number of hydrogen-bond acceptors (Lipinski definition) is 5. The van der Waals surface area contributed by atoms with E-state index in [9.17, 15) is 23.2 Å². The molecule has 0 radical (unpaired) electrons. The number of amides is 2. The molecular weight excluding hydrogens is 348 g/mol. The summed E-state index contributed by atoms with van der Waals surface area (Å²) in [5, 5.41) is 0.390. The maximum absolute atomic E-state index is 12.4. The summed E-state index contributed by atoms with van der Waals surface area (Å²) in [7, 11) is 0. The Morgan fingerprint density at radius 3 is 1.96 bits per heavy atom. The maximum atomic E-state index is 12.4. The molecule has 8 heteroatoms. The lowest BCUT2D eigenvalue weighted by Crippen LogP contribution is -2.32. The number of hydrogen-bond donors (Lipinski definition) is 0. The molecule has 0 saturated heterocycles. The number of carbonyl (C=O) groups is 3. The summed E-state index contributed by atoms with van der Waals surface area (Å²) in [5.74, 6) is -2.50. The number of carbonyl (C=O) groups excluding carboxylic acids is 3. The normalized spacial score (nSPS) is 13.2. The molecule has 134 valence electrons. The van der Waals surface area contributed by atoms with Crippen molar-refractivity contribution in [2.24, 2.45) is 0 Å². The number of rotatable bonds is 4. The molecule has 0 unspecified atom stereocenters. The first-order chi connectivity index (χ1) is 12.3. The fourth-order valence-electron chi connectivity index (χ4n) is 2.73. The molecule has 0 spiro atoms. The second kappa shape index (κ2) is 6.55. The fraction of sp³-hybridized carbons (Fsp3) is 0.167. The highest BCUT2D eigenvalue weighted by Gasteiger charge is 2.38. The number of fused-ring (bicyclic) bond motifs is 1. The molecule has 0 aromatic heterocycles. The fourth-order valence-corrected chi connectivity index (χ4v) is 2.73. The second-order valence-corrected chi connectivity index (χ2v) is 5.65. The molecule has 1 aliphatic rings. The zero-order valence-corrected chi connectivity index (χ0v) is 13.8. The average Bonchev–Trinajstić information content (AvgIpc) is 2.83. The summed E-state index contributed by atoms with van der Waals surface area (Å²) in [6.07, 6.45) is 0. The number of ether oxygens (including phenoxy) is 1. The van der Waals surface area contributed by atoms with Gasteiger partial charge in [-0.1, -0.05) is 17.2 Å². The van der Waals surface area contributed by atoms with Crippen LogP contribution in [0.1, 0.15) is 42.2 Å². The highest BCUT2D eigenvalue weighted by atomic mass is 19.3. The van der Waals surface area contributed by atoms with Gasteiger partial charge in [0.1, 0.15) is 5.75 Å². The van der Waals surface area contributed by atoms with E-state index in [2.05, 4.69) is 4.74 Å². The number of hydroxylamine groups is 2. The predicted octanol–water partition coefficient (Wildman–Crippen LogP) is 3.27.